The molecule has 0 bridgehead atoms. The molecule has 3 aromatic carbocycles. The van der Waals surface area contributed by atoms with E-state index in [0.29, 0.717) is 47.0 Å². The Kier molecular flexibility index (Phi) is 9.40. The Morgan fingerprint density at radius 2 is 1.58 bits per heavy atom. The van der Waals surface area contributed by atoms with Crippen LogP contribution in [0, 0.1) is 17.8 Å². The van der Waals surface area contributed by atoms with E-state index in [4.69, 9.17) is 5.10 Å². The Morgan fingerprint density at radius 1 is 0.896 bits per heavy atom. The number of para-hydroxylation sites is 1. The van der Waals surface area contributed by atoms with Crippen LogP contribution in [0.15, 0.2) is 106 Å². The second kappa shape index (κ2) is 13.9. The number of amidine groups is 1. The van der Waals surface area contributed by atoms with Crippen molar-refractivity contribution in [2.45, 2.75) is 44.4 Å². The van der Waals surface area contributed by atoms with Crippen LogP contribution >= 0.6 is 11.8 Å². The van der Waals surface area contributed by atoms with Gasteiger partial charge in [-0.1, -0.05) is 74.5 Å². The van der Waals surface area contributed by atoms with Crippen molar-refractivity contribution >= 4 is 38.9 Å². The lowest BCUT2D eigenvalue weighted by Crippen LogP contribution is -2.42. The quantitative estimate of drug-likeness (QED) is 0.193. The first-order chi connectivity index (χ1) is 23.2. The number of aliphatic imine (C=N–C) groups is 1. The molecule has 10 heteroatoms. The molecule has 248 valence electrons. The monoisotopic (exact) mass is 679 g/mol. The van der Waals surface area contributed by atoms with Crippen molar-refractivity contribution in [3.63, 3.8) is 0 Å². The molecule has 4 heterocycles. The van der Waals surface area contributed by atoms with Crippen LogP contribution in [0.2, 0.25) is 0 Å². The number of sulfonamides is 1. The number of piperidine rings is 2. The third-order valence-electron chi connectivity index (χ3n) is 9.49. The smallest absolute Gasteiger partial charge is 0.286 e. The lowest BCUT2D eigenvalue weighted by atomic mass is 9.90. The summed E-state index contributed by atoms with van der Waals surface area (Å²) in [5.74, 6) is 0.972. The van der Waals surface area contributed by atoms with Gasteiger partial charge in [0.25, 0.3) is 5.91 Å². The van der Waals surface area contributed by atoms with Crippen LogP contribution in [0.1, 0.15) is 44.2 Å². The van der Waals surface area contributed by atoms with Gasteiger partial charge in [0.05, 0.1) is 15.5 Å². The number of likely N-dealkylation sites (tertiary alicyclic amines) is 1. The highest BCUT2D eigenvalue weighted by Crippen LogP contribution is 2.36. The van der Waals surface area contributed by atoms with Gasteiger partial charge in [0, 0.05) is 43.5 Å². The zero-order valence-corrected chi connectivity index (χ0v) is 29.0. The third-order valence-corrected chi connectivity index (χ3v) is 12.4. The van der Waals surface area contributed by atoms with Gasteiger partial charge in [0.2, 0.25) is 10.0 Å². The Labute approximate surface area is 287 Å². The molecule has 0 radical (unpaired) electrons. The minimum atomic E-state index is -3.69. The van der Waals surface area contributed by atoms with E-state index in [-0.39, 0.29) is 10.8 Å². The SMILES string of the molecule is CC1CC(C)CN(S(=O)(=O)c2cccc(-c3nn(-c4ccccc4)cc3C=C3SC(N4CCC(Cc5ccccc5)CC4)=NC3=O)c2)C1. The molecule has 2 fully saturated rings. The van der Waals surface area contributed by atoms with Crippen LogP contribution in [-0.2, 0) is 21.2 Å². The maximum Gasteiger partial charge on any atom is 0.286 e. The number of carbonyl (C=O) groups excluding carboxylic acids is 1. The highest BCUT2D eigenvalue weighted by atomic mass is 32.2. The van der Waals surface area contributed by atoms with Crippen LogP contribution in [0.25, 0.3) is 23.0 Å². The maximum absolute atomic E-state index is 13.8. The zero-order chi connectivity index (χ0) is 33.3. The van der Waals surface area contributed by atoms with E-state index in [2.05, 4.69) is 54.1 Å². The summed E-state index contributed by atoms with van der Waals surface area (Å²) in [6.45, 7) is 6.99. The van der Waals surface area contributed by atoms with Gasteiger partial charge >= 0.3 is 0 Å². The molecule has 1 amide bonds. The summed E-state index contributed by atoms with van der Waals surface area (Å²) in [4.78, 5) is 20.7. The van der Waals surface area contributed by atoms with Gasteiger partial charge in [-0.25, -0.2) is 13.1 Å². The van der Waals surface area contributed by atoms with E-state index in [1.165, 1.54) is 17.3 Å². The number of benzene rings is 3. The molecule has 4 aromatic rings. The number of hydrogen-bond donors (Lipinski definition) is 0. The largest absolute Gasteiger partial charge is 0.351 e. The molecule has 2 saturated heterocycles. The fourth-order valence-corrected chi connectivity index (χ4v) is 9.82. The third kappa shape index (κ3) is 7.06. The minimum Gasteiger partial charge on any atom is -0.351 e. The summed E-state index contributed by atoms with van der Waals surface area (Å²) in [6.07, 6.45) is 7.96. The van der Waals surface area contributed by atoms with E-state index in [1.807, 2.05) is 48.7 Å². The maximum atomic E-state index is 13.8. The van der Waals surface area contributed by atoms with Crippen molar-refractivity contribution < 1.29 is 13.2 Å². The van der Waals surface area contributed by atoms with Gasteiger partial charge in [0.1, 0.15) is 5.69 Å². The Morgan fingerprint density at radius 3 is 2.29 bits per heavy atom. The second-order valence-corrected chi connectivity index (χ2v) is 16.4. The van der Waals surface area contributed by atoms with Crippen LogP contribution in [-0.4, -0.2) is 64.7 Å². The highest BCUT2D eigenvalue weighted by Gasteiger charge is 2.33. The summed E-state index contributed by atoms with van der Waals surface area (Å²) < 4.78 is 31.0. The molecule has 0 N–H and O–H groups in total. The Hall–Kier alpha value is -3.99. The van der Waals surface area contributed by atoms with Crippen molar-refractivity contribution in [2.75, 3.05) is 26.2 Å². The predicted octanol–water partition coefficient (Wildman–Crippen LogP) is 7.13. The number of nitrogens with zero attached hydrogens (tertiary/aromatic N) is 5. The molecule has 3 aliphatic heterocycles. The van der Waals surface area contributed by atoms with Crippen molar-refractivity contribution in [1.82, 2.24) is 19.0 Å². The summed E-state index contributed by atoms with van der Waals surface area (Å²) in [7, 11) is -3.69. The number of carbonyl (C=O) groups is 1. The average molecular weight is 680 g/mol. The van der Waals surface area contributed by atoms with Gasteiger partial charge in [0.15, 0.2) is 5.17 Å². The number of thioether (sulfide) groups is 1. The fraction of sp³-hybridized carbons (Fsp3) is 0.342. The standard InChI is InChI=1S/C38H41N5O3S2/c1-27-20-28(2)25-42(24-27)48(45,46)34-15-9-12-31(22-34)36-32(26-43(40-36)33-13-7-4-8-14-33)23-35-37(44)39-38(47-35)41-18-16-30(17-19-41)21-29-10-5-3-6-11-29/h3-15,22-23,26-28,30H,16-21,24-25H2,1-2H3. The fourth-order valence-electron chi connectivity index (χ4n) is 7.14. The minimum absolute atomic E-state index is 0.252. The van der Waals surface area contributed by atoms with Gasteiger partial charge in [-0.2, -0.15) is 14.4 Å². The van der Waals surface area contributed by atoms with E-state index in [1.54, 1.807) is 27.2 Å². The van der Waals surface area contributed by atoms with E-state index < -0.39 is 10.0 Å². The van der Waals surface area contributed by atoms with Crippen molar-refractivity contribution in [1.29, 1.82) is 0 Å². The van der Waals surface area contributed by atoms with E-state index in [9.17, 15) is 13.2 Å². The second-order valence-electron chi connectivity index (χ2n) is 13.4. The van der Waals surface area contributed by atoms with Crippen molar-refractivity contribution in [3.8, 4) is 16.9 Å². The van der Waals surface area contributed by atoms with Gasteiger partial charge in [-0.15, -0.1) is 0 Å². The summed E-state index contributed by atoms with van der Waals surface area (Å²) in [5, 5.41) is 5.67. The number of rotatable bonds is 7. The molecule has 3 aliphatic rings. The molecule has 0 saturated carbocycles. The summed E-state index contributed by atoms with van der Waals surface area (Å²) in [5.41, 5.74) is 4.24. The molecule has 7 rings (SSSR count). The average Bonchev–Trinajstić information content (AvgIpc) is 3.69. The Bertz CT molecular complexity index is 1940. The molecule has 0 spiro atoms. The molecule has 1 aromatic heterocycles. The molecular weight excluding hydrogens is 639 g/mol. The summed E-state index contributed by atoms with van der Waals surface area (Å²) >= 11 is 1.41. The van der Waals surface area contributed by atoms with Crippen LogP contribution in [0.4, 0.5) is 0 Å². The van der Waals surface area contributed by atoms with E-state index >= 15 is 0 Å². The number of aromatic nitrogens is 2. The normalized spacial score (nSPS) is 22.0. The first-order valence-electron chi connectivity index (χ1n) is 16.8. The lowest BCUT2D eigenvalue weighted by Gasteiger charge is -2.34. The first kappa shape index (κ1) is 32.6. The number of amides is 1. The van der Waals surface area contributed by atoms with Crippen LogP contribution in [0.5, 0.6) is 0 Å². The zero-order valence-electron chi connectivity index (χ0n) is 27.4. The van der Waals surface area contributed by atoms with Crippen molar-refractivity contribution in [3.05, 3.63) is 107 Å². The van der Waals surface area contributed by atoms with Crippen LogP contribution < -0.4 is 0 Å². The molecule has 48 heavy (non-hydrogen) atoms. The highest BCUT2D eigenvalue weighted by molar-refractivity contribution is 8.18. The van der Waals surface area contributed by atoms with Gasteiger partial charge in [-0.3, -0.25) is 4.79 Å². The van der Waals surface area contributed by atoms with Crippen LogP contribution in [0.3, 0.4) is 0 Å². The van der Waals surface area contributed by atoms with E-state index in [0.717, 1.165) is 55.2 Å². The molecule has 2 unspecified atom stereocenters. The lowest BCUT2D eigenvalue weighted by molar-refractivity contribution is -0.113. The molecule has 2 atom stereocenters. The molecule has 0 aliphatic carbocycles. The topological polar surface area (TPSA) is 87.9 Å². The first-order valence-corrected chi connectivity index (χ1v) is 19.1. The molecule has 8 nitrogen and oxygen atoms in total. The van der Waals surface area contributed by atoms with Gasteiger partial charge in [-0.05, 0) is 91.1 Å². The summed E-state index contributed by atoms with van der Waals surface area (Å²) in [6, 6.07) is 27.4. The predicted molar refractivity (Wildman–Crippen MR) is 193 cm³/mol. The number of hydrogen-bond acceptors (Lipinski definition) is 6. The van der Waals surface area contributed by atoms with Gasteiger partial charge < -0.3 is 4.90 Å². The molecular formula is C38H41N5O3S2. The Balaban J connectivity index is 1.14. The van der Waals surface area contributed by atoms with Crippen molar-refractivity contribution in [2.24, 2.45) is 22.7 Å².